The maximum Gasteiger partial charge on any atom is 0.244 e. The van der Waals surface area contributed by atoms with E-state index >= 15 is 0 Å². The highest BCUT2D eigenvalue weighted by molar-refractivity contribution is 7.91. The SMILES string of the molecule is Cc1cccc(OCCCCS(=O)(=O)c2nc(N)n[nH]2)c1. The van der Waals surface area contributed by atoms with E-state index in [0.717, 1.165) is 11.3 Å². The van der Waals surface area contributed by atoms with Crippen LogP contribution in [0.1, 0.15) is 18.4 Å². The van der Waals surface area contributed by atoms with Gasteiger partial charge in [0.2, 0.25) is 20.9 Å². The predicted molar refractivity (Wildman–Crippen MR) is 78.8 cm³/mol. The first-order chi connectivity index (χ1) is 9.97. The Morgan fingerprint density at radius 1 is 1.33 bits per heavy atom. The third-order valence-corrected chi connectivity index (χ3v) is 4.44. The molecule has 0 saturated heterocycles. The number of sulfone groups is 1. The Bertz CT molecular complexity index is 697. The first-order valence-corrected chi connectivity index (χ1v) is 8.23. The fourth-order valence-corrected chi connectivity index (χ4v) is 2.98. The number of hydrogen-bond acceptors (Lipinski definition) is 6. The lowest BCUT2D eigenvalue weighted by atomic mass is 10.2. The highest BCUT2D eigenvalue weighted by Gasteiger charge is 2.18. The van der Waals surface area contributed by atoms with Gasteiger partial charge in [-0.25, -0.2) is 13.5 Å². The summed E-state index contributed by atoms with van der Waals surface area (Å²) in [7, 11) is -3.46. The average molecular weight is 310 g/mol. The molecule has 0 aliphatic carbocycles. The number of nitrogens with one attached hydrogen (secondary N) is 1. The van der Waals surface area contributed by atoms with Crippen molar-refractivity contribution in [1.29, 1.82) is 0 Å². The zero-order valence-electron chi connectivity index (χ0n) is 11.7. The number of aromatic nitrogens is 3. The van der Waals surface area contributed by atoms with Crippen LogP contribution in [0.5, 0.6) is 5.75 Å². The molecule has 8 heteroatoms. The molecule has 0 spiro atoms. The zero-order valence-corrected chi connectivity index (χ0v) is 12.6. The number of hydrogen-bond donors (Lipinski definition) is 2. The van der Waals surface area contributed by atoms with Crippen molar-refractivity contribution >= 4 is 15.8 Å². The van der Waals surface area contributed by atoms with Crippen molar-refractivity contribution < 1.29 is 13.2 Å². The van der Waals surface area contributed by atoms with Crippen LogP contribution < -0.4 is 10.5 Å². The number of aromatic amines is 1. The van der Waals surface area contributed by atoms with Crippen molar-refractivity contribution in [3.8, 4) is 5.75 Å². The molecule has 0 unspecified atom stereocenters. The van der Waals surface area contributed by atoms with Crippen LogP contribution in [0.25, 0.3) is 0 Å². The molecule has 0 aliphatic rings. The first kappa shape index (κ1) is 15.3. The maximum atomic E-state index is 11.9. The van der Waals surface area contributed by atoms with E-state index < -0.39 is 9.84 Å². The summed E-state index contributed by atoms with van der Waals surface area (Å²) in [5.41, 5.74) is 6.41. The van der Waals surface area contributed by atoms with Gasteiger partial charge in [0.1, 0.15) is 5.75 Å². The van der Waals surface area contributed by atoms with Gasteiger partial charge in [-0.15, -0.1) is 5.10 Å². The molecule has 0 amide bonds. The van der Waals surface area contributed by atoms with Gasteiger partial charge in [-0.3, -0.25) is 0 Å². The van der Waals surface area contributed by atoms with Crippen LogP contribution >= 0.6 is 0 Å². The third kappa shape index (κ3) is 4.45. The van der Waals surface area contributed by atoms with Crippen LogP contribution in [0.15, 0.2) is 29.4 Å². The van der Waals surface area contributed by atoms with Crippen molar-refractivity contribution in [1.82, 2.24) is 15.2 Å². The smallest absolute Gasteiger partial charge is 0.244 e. The van der Waals surface area contributed by atoms with E-state index in [1.54, 1.807) is 0 Å². The lowest BCUT2D eigenvalue weighted by Gasteiger charge is -2.06. The monoisotopic (exact) mass is 310 g/mol. The summed E-state index contributed by atoms with van der Waals surface area (Å²) in [5, 5.41) is 5.65. The second-order valence-corrected chi connectivity index (χ2v) is 6.71. The molecule has 0 aliphatic heterocycles. The molecule has 0 saturated carbocycles. The fourth-order valence-electron chi connectivity index (χ4n) is 1.78. The van der Waals surface area contributed by atoms with Crippen LogP contribution in [0.3, 0.4) is 0 Å². The predicted octanol–water partition coefficient (Wildman–Crippen LogP) is 1.33. The third-order valence-electron chi connectivity index (χ3n) is 2.84. The summed E-state index contributed by atoms with van der Waals surface area (Å²) in [6, 6.07) is 7.72. The minimum Gasteiger partial charge on any atom is -0.494 e. The van der Waals surface area contributed by atoms with Crippen LogP contribution in [-0.2, 0) is 9.84 Å². The molecule has 0 fully saturated rings. The Hall–Kier alpha value is -2.09. The normalized spacial score (nSPS) is 11.5. The summed E-state index contributed by atoms with van der Waals surface area (Å²) < 4.78 is 29.3. The standard InChI is InChI=1S/C13H18N4O3S/c1-10-5-4-6-11(9-10)20-7-2-3-8-21(18,19)13-15-12(14)16-17-13/h4-6,9H,2-3,7-8H2,1H3,(H3,14,15,16,17). The summed E-state index contributed by atoms with van der Waals surface area (Å²) in [5.74, 6) is 0.705. The van der Waals surface area contributed by atoms with E-state index in [9.17, 15) is 8.42 Å². The summed E-state index contributed by atoms with van der Waals surface area (Å²) >= 11 is 0. The number of nitrogen functional groups attached to an aromatic ring is 1. The summed E-state index contributed by atoms with van der Waals surface area (Å²) in [6.45, 7) is 2.46. The highest BCUT2D eigenvalue weighted by Crippen LogP contribution is 2.13. The molecule has 1 aromatic heterocycles. The quantitative estimate of drug-likeness (QED) is 0.746. The lowest BCUT2D eigenvalue weighted by Crippen LogP contribution is -2.10. The van der Waals surface area contributed by atoms with Gasteiger partial charge >= 0.3 is 0 Å². The first-order valence-electron chi connectivity index (χ1n) is 6.57. The van der Waals surface area contributed by atoms with Crippen LogP contribution in [-0.4, -0.2) is 36.0 Å². The molecule has 1 aromatic carbocycles. The number of H-pyrrole nitrogens is 1. The molecular formula is C13H18N4O3S. The lowest BCUT2D eigenvalue weighted by molar-refractivity contribution is 0.309. The van der Waals surface area contributed by atoms with E-state index in [0.29, 0.717) is 19.4 Å². The molecule has 7 nitrogen and oxygen atoms in total. The van der Waals surface area contributed by atoms with Gasteiger partial charge in [0, 0.05) is 0 Å². The van der Waals surface area contributed by atoms with Gasteiger partial charge < -0.3 is 10.5 Å². The van der Waals surface area contributed by atoms with Gasteiger partial charge in [-0.05, 0) is 37.5 Å². The fraction of sp³-hybridized carbons (Fsp3) is 0.385. The van der Waals surface area contributed by atoms with Gasteiger partial charge in [0.25, 0.3) is 0 Å². The summed E-state index contributed by atoms with van der Waals surface area (Å²) in [4.78, 5) is 3.63. The van der Waals surface area contributed by atoms with Gasteiger partial charge in [0.05, 0.1) is 12.4 Å². The van der Waals surface area contributed by atoms with E-state index in [1.165, 1.54) is 0 Å². The van der Waals surface area contributed by atoms with Crippen molar-refractivity contribution in [3.63, 3.8) is 0 Å². The van der Waals surface area contributed by atoms with Crippen molar-refractivity contribution in [2.45, 2.75) is 24.9 Å². The number of benzene rings is 1. The van der Waals surface area contributed by atoms with E-state index in [-0.39, 0.29) is 16.9 Å². The molecule has 0 bridgehead atoms. The molecule has 1 heterocycles. The molecule has 0 atom stereocenters. The Balaban J connectivity index is 1.75. The number of anilines is 1. The van der Waals surface area contributed by atoms with Crippen molar-refractivity contribution in [3.05, 3.63) is 29.8 Å². The molecule has 2 rings (SSSR count). The van der Waals surface area contributed by atoms with E-state index in [2.05, 4.69) is 15.2 Å². The molecule has 3 N–H and O–H groups in total. The number of unbranched alkanes of at least 4 members (excludes halogenated alkanes) is 1. The second-order valence-electron chi connectivity index (χ2n) is 4.69. The van der Waals surface area contributed by atoms with Crippen molar-refractivity contribution in [2.75, 3.05) is 18.1 Å². The van der Waals surface area contributed by atoms with Crippen LogP contribution in [0.4, 0.5) is 5.95 Å². The zero-order chi connectivity index (χ0) is 15.3. The molecular weight excluding hydrogens is 292 g/mol. The second kappa shape index (κ2) is 6.57. The number of nitrogens with two attached hydrogens (primary N) is 1. The Morgan fingerprint density at radius 2 is 2.14 bits per heavy atom. The van der Waals surface area contributed by atoms with Crippen LogP contribution in [0.2, 0.25) is 0 Å². The van der Waals surface area contributed by atoms with Gasteiger partial charge in [-0.2, -0.15) is 4.98 Å². The van der Waals surface area contributed by atoms with Gasteiger partial charge in [-0.1, -0.05) is 12.1 Å². The minimum atomic E-state index is -3.46. The number of nitrogens with zero attached hydrogens (tertiary/aromatic N) is 2. The largest absolute Gasteiger partial charge is 0.494 e. The van der Waals surface area contributed by atoms with Crippen LogP contribution in [0, 0.1) is 6.92 Å². The Kier molecular flexibility index (Phi) is 4.79. The molecule has 2 aromatic rings. The number of ether oxygens (including phenoxy) is 1. The minimum absolute atomic E-state index is 0.0151. The Labute approximate surface area is 123 Å². The molecule has 114 valence electrons. The number of rotatable bonds is 7. The van der Waals surface area contributed by atoms with E-state index in [1.807, 2.05) is 31.2 Å². The number of aryl methyl sites for hydroxylation is 1. The maximum absolute atomic E-state index is 11.9. The molecule has 0 radical (unpaired) electrons. The van der Waals surface area contributed by atoms with Gasteiger partial charge in [0.15, 0.2) is 0 Å². The average Bonchev–Trinajstić information content (AvgIpc) is 2.86. The van der Waals surface area contributed by atoms with Crippen molar-refractivity contribution in [2.24, 2.45) is 0 Å². The Morgan fingerprint density at radius 3 is 2.81 bits per heavy atom. The summed E-state index contributed by atoms with van der Waals surface area (Å²) in [6.07, 6.45) is 1.12. The molecule has 21 heavy (non-hydrogen) atoms. The van der Waals surface area contributed by atoms with E-state index in [4.69, 9.17) is 10.5 Å². The topological polar surface area (TPSA) is 111 Å². The highest BCUT2D eigenvalue weighted by atomic mass is 32.2.